The van der Waals surface area contributed by atoms with Gasteiger partial charge in [-0.1, -0.05) is 6.07 Å². The minimum atomic E-state index is -0.223. The number of carbonyl (C=O) groups excluding carboxylic acids is 1. The number of rotatable bonds is 5. The second-order valence-corrected chi connectivity index (χ2v) is 6.43. The summed E-state index contributed by atoms with van der Waals surface area (Å²) >= 11 is 0. The quantitative estimate of drug-likeness (QED) is 0.704. The molecule has 0 bridgehead atoms. The molecule has 1 atom stereocenters. The molecule has 7 heteroatoms. The Balaban J connectivity index is 1.45. The van der Waals surface area contributed by atoms with E-state index in [9.17, 15) is 4.79 Å². The maximum absolute atomic E-state index is 12.2. The lowest BCUT2D eigenvalue weighted by Crippen LogP contribution is -2.21. The van der Waals surface area contributed by atoms with Crippen LogP contribution in [0.1, 0.15) is 23.9 Å². The third kappa shape index (κ3) is 3.48. The lowest BCUT2D eigenvalue weighted by atomic mass is 10.1. The van der Waals surface area contributed by atoms with Crippen molar-refractivity contribution in [3.8, 4) is 11.5 Å². The van der Waals surface area contributed by atoms with Gasteiger partial charge in [0.2, 0.25) is 5.91 Å². The smallest absolute Gasteiger partial charge is 0.244 e. The van der Waals surface area contributed by atoms with E-state index in [2.05, 4.69) is 15.5 Å². The highest BCUT2D eigenvalue weighted by molar-refractivity contribution is 5.92. The molecule has 4 rings (SSSR count). The van der Waals surface area contributed by atoms with Crippen molar-refractivity contribution >= 4 is 17.6 Å². The number of aromatic nitrogens is 3. The zero-order valence-electron chi connectivity index (χ0n) is 15.2. The largest absolute Gasteiger partial charge is 0.496 e. The molecule has 2 aromatic heterocycles. The zero-order chi connectivity index (χ0) is 18.8. The summed E-state index contributed by atoms with van der Waals surface area (Å²) in [5.41, 5.74) is 2.67. The summed E-state index contributed by atoms with van der Waals surface area (Å²) in [5, 5.41) is 11.0. The molecule has 138 valence electrons. The standard InChI is InChI=1S/C20H20N4O3/c1-13-9-15-11-16(26-2)14(10-17(15)27-13)6-7-20(25)21-12-19-23-22-18-5-3-4-8-24(18)19/h3-8,10-11,13H,9,12H2,1-2H3,(H,21,25). The number of amides is 1. The number of carbonyl (C=O) groups is 1. The van der Waals surface area contributed by atoms with Gasteiger partial charge < -0.3 is 14.8 Å². The average Bonchev–Trinajstić information content (AvgIpc) is 3.25. The van der Waals surface area contributed by atoms with E-state index in [1.807, 2.05) is 47.9 Å². The molecule has 1 aromatic carbocycles. The number of hydrogen-bond donors (Lipinski definition) is 1. The van der Waals surface area contributed by atoms with E-state index in [1.54, 1.807) is 13.2 Å². The van der Waals surface area contributed by atoms with Gasteiger partial charge >= 0.3 is 0 Å². The second kappa shape index (κ2) is 7.11. The van der Waals surface area contributed by atoms with Crippen molar-refractivity contribution in [1.29, 1.82) is 0 Å². The zero-order valence-corrected chi connectivity index (χ0v) is 15.2. The Labute approximate surface area is 156 Å². The van der Waals surface area contributed by atoms with E-state index < -0.39 is 0 Å². The molecular weight excluding hydrogens is 344 g/mol. The molecule has 7 nitrogen and oxygen atoms in total. The topological polar surface area (TPSA) is 77.8 Å². The number of fused-ring (bicyclic) bond motifs is 2. The molecule has 3 aromatic rings. The van der Waals surface area contributed by atoms with Gasteiger partial charge in [0.25, 0.3) is 0 Å². The monoisotopic (exact) mass is 364 g/mol. The first-order chi connectivity index (χ1) is 13.1. The Morgan fingerprint density at radius 2 is 2.30 bits per heavy atom. The Morgan fingerprint density at radius 1 is 1.41 bits per heavy atom. The summed E-state index contributed by atoms with van der Waals surface area (Å²) in [4.78, 5) is 12.2. The lowest BCUT2D eigenvalue weighted by Gasteiger charge is -2.08. The summed E-state index contributed by atoms with van der Waals surface area (Å²) in [5.74, 6) is 2.02. The fourth-order valence-corrected chi connectivity index (χ4v) is 3.16. The van der Waals surface area contributed by atoms with Crippen LogP contribution in [-0.2, 0) is 17.8 Å². The van der Waals surface area contributed by atoms with Gasteiger partial charge in [-0.25, -0.2) is 0 Å². The van der Waals surface area contributed by atoms with Crippen molar-refractivity contribution in [2.24, 2.45) is 0 Å². The van der Waals surface area contributed by atoms with Crippen molar-refractivity contribution in [1.82, 2.24) is 19.9 Å². The van der Waals surface area contributed by atoms with Crippen molar-refractivity contribution in [2.45, 2.75) is 26.0 Å². The predicted octanol–water partition coefficient (Wildman–Crippen LogP) is 2.39. The van der Waals surface area contributed by atoms with Crippen molar-refractivity contribution in [2.75, 3.05) is 7.11 Å². The lowest BCUT2D eigenvalue weighted by molar-refractivity contribution is -0.116. The Morgan fingerprint density at radius 3 is 3.15 bits per heavy atom. The maximum atomic E-state index is 12.2. The molecule has 0 saturated heterocycles. The van der Waals surface area contributed by atoms with E-state index in [1.165, 1.54) is 6.08 Å². The van der Waals surface area contributed by atoms with E-state index in [4.69, 9.17) is 9.47 Å². The van der Waals surface area contributed by atoms with Gasteiger partial charge in [0.15, 0.2) is 11.5 Å². The van der Waals surface area contributed by atoms with Gasteiger partial charge in [0.1, 0.15) is 17.6 Å². The van der Waals surface area contributed by atoms with Crippen LogP contribution in [0.15, 0.2) is 42.6 Å². The van der Waals surface area contributed by atoms with Crippen LogP contribution >= 0.6 is 0 Å². The van der Waals surface area contributed by atoms with Crippen molar-refractivity contribution in [3.63, 3.8) is 0 Å². The summed E-state index contributed by atoms with van der Waals surface area (Å²) < 4.78 is 13.1. The Bertz CT molecular complexity index is 1030. The van der Waals surface area contributed by atoms with Gasteiger partial charge in [-0.05, 0) is 37.3 Å². The van der Waals surface area contributed by atoms with Gasteiger partial charge in [0, 0.05) is 29.8 Å². The van der Waals surface area contributed by atoms with Crippen LogP contribution in [-0.4, -0.2) is 33.7 Å². The minimum absolute atomic E-state index is 0.158. The van der Waals surface area contributed by atoms with E-state index >= 15 is 0 Å². The van der Waals surface area contributed by atoms with Crippen LogP contribution in [0.3, 0.4) is 0 Å². The highest BCUT2D eigenvalue weighted by Gasteiger charge is 2.21. The summed E-state index contributed by atoms with van der Waals surface area (Å²) in [7, 11) is 1.62. The molecule has 1 aliphatic rings. The van der Waals surface area contributed by atoms with Gasteiger partial charge in [-0.15, -0.1) is 10.2 Å². The van der Waals surface area contributed by atoms with E-state index in [0.29, 0.717) is 5.82 Å². The number of benzene rings is 1. The molecule has 1 N–H and O–H groups in total. The molecule has 0 fully saturated rings. The SMILES string of the molecule is COc1cc2c(cc1C=CC(=O)NCc1nnc3ccccn13)OC(C)C2. The molecule has 1 amide bonds. The van der Waals surface area contributed by atoms with Crippen molar-refractivity contribution in [3.05, 3.63) is 59.6 Å². The number of methoxy groups -OCH3 is 1. The van der Waals surface area contributed by atoms with Crippen LogP contribution in [0.5, 0.6) is 11.5 Å². The normalized spacial score (nSPS) is 15.7. The molecule has 0 spiro atoms. The molecule has 0 aliphatic carbocycles. The van der Waals surface area contributed by atoms with E-state index in [0.717, 1.165) is 34.7 Å². The van der Waals surface area contributed by atoms with Crippen LogP contribution in [0.25, 0.3) is 11.7 Å². The van der Waals surface area contributed by atoms with Gasteiger partial charge in [0.05, 0.1) is 13.7 Å². The molecule has 1 aliphatic heterocycles. The first kappa shape index (κ1) is 17.1. The summed E-state index contributed by atoms with van der Waals surface area (Å²) in [6.45, 7) is 2.32. The summed E-state index contributed by atoms with van der Waals surface area (Å²) in [6.07, 6.45) is 6.09. The first-order valence-electron chi connectivity index (χ1n) is 8.76. The summed E-state index contributed by atoms with van der Waals surface area (Å²) in [6, 6.07) is 9.53. The molecular formula is C20H20N4O3. The number of nitrogens with zero attached hydrogens (tertiary/aromatic N) is 3. The third-order valence-corrected chi connectivity index (χ3v) is 4.47. The first-order valence-corrected chi connectivity index (χ1v) is 8.76. The molecule has 27 heavy (non-hydrogen) atoms. The number of ether oxygens (including phenoxy) is 2. The second-order valence-electron chi connectivity index (χ2n) is 6.43. The van der Waals surface area contributed by atoms with Crippen LogP contribution in [0.4, 0.5) is 0 Å². The highest BCUT2D eigenvalue weighted by Crippen LogP contribution is 2.35. The fraction of sp³-hybridized carbons (Fsp3) is 0.250. The fourth-order valence-electron chi connectivity index (χ4n) is 3.16. The van der Waals surface area contributed by atoms with Gasteiger partial charge in [-0.2, -0.15) is 0 Å². The maximum Gasteiger partial charge on any atom is 0.244 e. The third-order valence-electron chi connectivity index (χ3n) is 4.47. The number of pyridine rings is 1. The molecule has 0 saturated carbocycles. The molecule has 3 heterocycles. The highest BCUT2D eigenvalue weighted by atomic mass is 16.5. The molecule has 0 radical (unpaired) electrons. The Hall–Kier alpha value is -3.35. The number of hydrogen-bond acceptors (Lipinski definition) is 5. The average molecular weight is 364 g/mol. The molecule has 1 unspecified atom stereocenters. The van der Waals surface area contributed by atoms with Crippen LogP contribution in [0.2, 0.25) is 0 Å². The van der Waals surface area contributed by atoms with Crippen LogP contribution < -0.4 is 14.8 Å². The van der Waals surface area contributed by atoms with Gasteiger partial charge in [-0.3, -0.25) is 9.20 Å². The minimum Gasteiger partial charge on any atom is -0.496 e. The van der Waals surface area contributed by atoms with Crippen LogP contribution in [0, 0.1) is 0 Å². The predicted molar refractivity (Wildman–Crippen MR) is 101 cm³/mol. The number of nitrogens with one attached hydrogen (secondary N) is 1. The van der Waals surface area contributed by atoms with Crippen molar-refractivity contribution < 1.29 is 14.3 Å². The van der Waals surface area contributed by atoms with E-state index in [-0.39, 0.29) is 18.6 Å². The Kier molecular flexibility index (Phi) is 4.50.